The van der Waals surface area contributed by atoms with E-state index in [9.17, 15) is 14.7 Å². The number of nitrogens with zero attached hydrogens (tertiary/aromatic N) is 2. The second-order valence-electron chi connectivity index (χ2n) is 11.6. The Balaban J connectivity index is 1.56. The molecule has 204 valence electrons. The normalized spacial score (nSPS) is 25.7. The van der Waals surface area contributed by atoms with Crippen LogP contribution in [0.2, 0.25) is 0 Å². The molecule has 0 radical (unpaired) electrons. The summed E-state index contributed by atoms with van der Waals surface area (Å²) in [5.41, 5.74) is 2.66. The number of aromatic nitrogens is 2. The van der Waals surface area contributed by atoms with E-state index in [4.69, 9.17) is 9.47 Å². The molecule has 4 atom stereocenters. The van der Waals surface area contributed by atoms with Gasteiger partial charge in [-0.15, -0.1) is 0 Å². The largest absolute Gasteiger partial charge is 0.461 e. The van der Waals surface area contributed by atoms with E-state index < -0.39 is 23.7 Å². The fraction of sp³-hybridized carbons (Fsp3) is 0.375. The number of ether oxygens (including phenoxy) is 2. The molecule has 3 aliphatic rings. The fourth-order valence-electron chi connectivity index (χ4n) is 7.97. The summed E-state index contributed by atoms with van der Waals surface area (Å²) in [6.45, 7) is 4.95. The second kappa shape index (κ2) is 8.08. The maximum atomic E-state index is 13.4. The lowest BCUT2D eigenvalue weighted by Crippen LogP contribution is -2.58. The number of aliphatic hydroxyl groups is 1. The van der Waals surface area contributed by atoms with Crippen molar-refractivity contribution in [1.82, 2.24) is 14.5 Å². The summed E-state index contributed by atoms with van der Waals surface area (Å²) < 4.78 is 17.0. The molecule has 5 heterocycles. The van der Waals surface area contributed by atoms with Crippen molar-refractivity contribution < 1.29 is 24.2 Å². The van der Waals surface area contributed by atoms with Gasteiger partial charge in [0.1, 0.15) is 12.3 Å². The van der Waals surface area contributed by atoms with Crippen molar-refractivity contribution in [2.24, 2.45) is 0 Å². The third-order valence-corrected chi connectivity index (χ3v) is 9.71. The number of nitrogens with one attached hydrogen (secondary N) is 1. The Morgan fingerprint density at radius 1 is 1.10 bits per heavy atom. The number of amides is 1. The van der Waals surface area contributed by atoms with Crippen LogP contribution in [0, 0.1) is 0 Å². The SMILES string of the molecule is CCCCCC(OC=O)[C@]1(O)CC2O[C@@]1(C)n1c3ccccc3c3c4c(c5c6ccccc6n2c5c31)C(=O)NC4. The molecule has 3 aliphatic heterocycles. The van der Waals surface area contributed by atoms with Gasteiger partial charge in [-0.1, -0.05) is 56.2 Å². The van der Waals surface area contributed by atoms with E-state index in [2.05, 4.69) is 39.6 Å². The van der Waals surface area contributed by atoms with E-state index in [1.165, 1.54) is 0 Å². The zero-order valence-corrected chi connectivity index (χ0v) is 22.6. The van der Waals surface area contributed by atoms with Crippen molar-refractivity contribution in [2.75, 3.05) is 0 Å². The van der Waals surface area contributed by atoms with Gasteiger partial charge in [-0.3, -0.25) is 9.59 Å². The van der Waals surface area contributed by atoms with Gasteiger partial charge in [-0.05, 0) is 37.5 Å². The number of benzene rings is 3. The van der Waals surface area contributed by atoms with Gasteiger partial charge in [0.2, 0.25) is 0 Å². The zero-order chi connectivity index (χ0) is 27.4. The van der Waals surface area contributed by atoms with Crippen LogP contribution in [0.15, 0.2) is 48.5 Å². The summed E-state index contributed by atoms with van der Waals surface area (Å²) in [6.07, 6.45) is 2.31. The third-order valence-electron chi connectivity index (χ3n) is 9.71. The lowest BCUT2D eigenvalue weighted by molar-refractivity contribution is -0.218. The Morgan fingerprint density at radius 3 is 2.58 bits per heavy atom. The summed E-state index contributed by atoms with van der Waals surface area (Å²) in [5.74, 6) is -0.0648. The molecule has 8 nitrogen and oxygen atoms in total. The smallest absolute Gasteiger partial charge is 0.293 e. The average Bonchev–Trinajstić information content (AvgIpc) is 3.65. The first-order valence-corrected chi connectivity index (χ1v) is 14.2. The topological polar surface area (TPSA) is 94.7 Å². The van der Waals surface area contributed by atoms with Crippen LogP contribution in [0.3, 0.4) is 0 Å². The van der Waals surface area contributed by atoms with Gasteiger partial charge in [-0.2, -0.15) is 0 Å². The molecule has 1 amide bonds. The van der Waals surface area contributed by atoms with Crippen LogP contribution < -0.4 is 5.32 Å². The number of carbonyl (C=O) groups excluding carboxylic acids is 2. The fourth-order valence-corrected chi connectivity index (χ4v) is 7.97. The highest BCUT2D eigenvalue weighted by Gasteiger charge is 2.65. The molecule has 0 saturated carbocycles. The molecular formula is C32H31N3O5. The van der Waals surface area contributed by atoms with Crippen molar-refractivity contribution in [3.8, 4) is 0 Å². The van der Waals surface area contributed by atoms with Crippen LogP contribution in [-0.2, 0) is 26.5 Å². The van der Waals surface area contributed by atoms with Crippen molar-refractivity contribution in [3.05, 3.63) is 59.7 Å². The van der Waals surface area contributed by atoms with E-state index >= 15 is 0 Å². The number of rotatable bonds is 7. The number of carbonyl (C=O) groups is 2. The van der Waals surface area contributed by atoms with Crippen LogP contribution in [0.1, 0.15) is 68.1 Å². The van der Waals surface area contributed by atoms with Crippen LogP contribution in [0.5, 0.6) is 0 Å². The van der Waals surface area contributed by atoms with Crippen LogP contribution >= 0.6 is 0 Å². The maximum Gasteiger partial charge on any atom is 0.293 e. The standard InChI is InChI=1S/C32H31N3O5/c1-3-4-5-14-23(39-17-36)32(38)15-24-34-21-12-8-6-10-18(21)26-27-20(16-33-30(27)37)25-19-11-7-9-13-22(19)35(29(25)28(26)34)31(32,2)40-24/h6-13,17,23-24,38H,3-5,14-16H2,1-2H3,(H,33,37)/t23?,24?,31-,32-/m1/s1. The molecule has 8 rings (SSSR count). The molecule has 0 aliphatic carbocycles. The van der Waals surface area contributed by atoms with Gasteiger partial charge < -0.3 is 29.0 Å². The van der Waals surface area contributed by atoms with Crippen molar-refractivity contribution >= 4 is 56.0 Å². The predicted octanol–water partition coefficient (Wildman–Crippen LogP) is 5.60. The monoisotopic (exact) mass is 537 g/mol. The van der Waals surface area contributed by atoms with E-state index in [0.29, 0.717) is 19.4 Å². The lowest BCUT2D eigenvalue weighted by Gasteiger charge is -2.43. The van der Waals surface area contributed by atoms with E-state index in [1.807, 2.05) is 37.3 Å². The number of hydrogen-bond donors (Lipinski definition) is 2. The molecule has 3 aromatic carbocycles. The van der Waals surface area contributed by atoms with Gasteiger partial charge in [0.05, 0.1) is 27.6 Å². The Kier molecular flexibility index (Phi) is 4.84. The number of unbranched alkanes of at least 4 members (excludes halogenated alkanes) is 2. The number of hydrogen-bond acceptors (Lipinski definition) is 5. The van der Waals surface area contributed by atoms with Crippen LogP contribution in [0.25, 0.3) is 43.6 Å². The molecule has 1 fully saturated rings. The molecule has 2 bridgehead atoms. The Bertz CT molecular complexity index is 1900. The average molecular weight is 538 g/mol. The quantitative estimate of drug-likeness (QED) is 0.208. The molecule has 2 aromatic heterocycles. The first-order valence-electron chi connectivity index (χ1n) is 14.2. The second-order valence-corrected chi connectivity index (χ2v) is 11.6. The summed E-state index contributed by atoms with van der Waals surface area (Å²) in [6, 6.07) is 16.2. The third kappa shape index (κ3) is 2.68. The Hall–Kier alpha value is -3.88. The minimum atomic E-state index is -1.51. The molecule has 40 heavy (non-hydrogen) atoms. The van der Waals surface area contributed by atoms with E-state index in [0.717, 1.165) is 74.0 Å². The number of para-hydroxylation sites is 2. The Labute approximate surface area is 230 Å². The summed E-state index contributed by atoms with van der Waals surface area (Å²) in [5, 5.41) is 19.8. The highest BCUT2D eigenvalue weighted by atomic mass is 16.6. The van der Waals surface area contributed by atoms with Crippen LogP contribution in [0.4, 0.5) is 0 Å². The van der Waals surface area contributed by atoms with Crippen LogP contribution in [-0.4, -0.2) is 38.3 Å². The highest BCUT2D eigenvalue weighted by molar-refractivity contribution is 6.31. The first kappa shape index (κ1) is 24.0. The lowest BCUT2D eigenvalue weighted by atomic mass is 9.81. The highest BCUT2D eigenvalue weighted by Crippen LogP contribution is 2.59. The van der Waals surface area contributed by atoms with Crippen molar-refractivity contribution in [3.63, 3.8) is 0 Å². The molecule has 0 spiro atoms. The maximum absolute atomic E-state index is 13.4. The molecular weight excluding hydrogens is 506 g/mol. The van der Waals surface area contributed by atoms with Gasteiger partial charge in [-0.25, -0.2) is 0 Å². The molecule has 5 aromatic rings. The predicted molar refractivity (Wildman–Crippen MR) is 152 cm³/mol. The van der Waals surface area contributed by atoms with E-state index in [1.54, 1.807) is 0 Å². The molecule has 2 unspecified atom stereocenters. The molecule has 1 saturated heterocycles. The minimum absolute atomic E-state index is 0.0648. The van der Waals surface area contributed by atoms with Crippen molar-refractivity contribution in [1.29, 1.82) is 0 Å². The molecule has 8 heteroatoms. The van der Waals surface area contributed by atoms with Crippen molar-refractivity contribution in [2.45, 2.75) is 76.2 Å². The first-order chi connectivity index (χ1) is 19.4. The van der Waals surface area contributed by atoms with Gasteiger partial charge in [0, 0.05) is 34.5 Å². The summed E-state index contributed by atoms with van der Waals surface area (Å²) in [7, 11) is 0. The van der Waals surface area contributed by atoms with E-state index in [-0.39, 0.29) is 12.3 Å². The minimum Gasteiger partial charge on any atom is -0.461 e. The summed E-state index contributed by atoms with van der Waals surface area (Å²) in [4.78, 5) is 25.2. The van der Waals surface area contributed by atoms with Gasteiger partial charge in [0.25, 0.3) is 12.4 Å². The zero-order valence-electron chi connectivity index (χ0n) is 22.6. The molecule has 2 N–H and O–H groups in total. The summed E-state index contributed by atoms with van der Waals surface area (Å²) >= 11 is 0. The van der Waals surface area contributed by atoms with Gasteiger partial charge in [0.15, 0.2) is 11.3 Å². The number of fused-ring (bicyclic) bond motifs is 13. The Morgan fingerprint density at radius 2 is 1.82 bits per heavy atom. The van der Waals surface area contributed by atoms with Gasteiger partial charge >= 0.3 is 0 Å².